The summed E-state index contributed by atoms with van der Waals surface area (Å²) in [5.74, 6) is 0. The van der Waals surface area contributed by atoms with E-state index in [2.05, 4.69) is 158 Å². The van der Waals surface area contributed by atoms with Crippen molar-refractivity contribution in [3.63, 3.8) is 0 Å². The second-order valence-electron chi connectivity index (χ2n) is 13.9. The summed E-state index contributed by atoms with van der Waals surface area (Å²) in [4.78, 5) is 3.69. The first-order chi connectivity index (χ1) is 27.2. The average molecular weight is 700 g/mol. The molecule has 254 valence electrons. The minimum absolute atomic E-state index is 0.584. The normalized spacial score (nSPS) is 11.6. The van der Waals surface area contributed by atoms with Crippen LogP contribution >= 0.6 is 0 Å². The Morgan fingerprint density at radius 2 is 0.891 bits per heavy atom. The molecule has 11 rings (SSSR count). The van der Waals surface area contributed by atoms with Crippen molar-refractivity contribution in [2.45, 2.75) is 0 Å². The van der Waals surface area contributed by atoms with Gasteiger partial charge in [0.2, 0.25) is 0 Å². The van der Waals surface area contributed by atoms with Gasteiger partial charge in [-0.3, -0.25) is 0 Å². The number of nitriles is 1. The molecule has 8 aromatic carbocycles. The zero-order chi connectivity index (χ0) is 36.6. The maximum absolute atomic E-state index is 10.8. The summed E-state index contributed by atoms with van der Waals surface area (Å²) in [7, 11) is 0. The summed E-state index contributed by atoms with van der Waals surface area (Å²) in [5, 5.41) is 17.7. The molecule has 0 atom stereocenters. The lowest BCUT2D eigenvalue weighted by Gasteiger charge is -2.17. The molecule has 0 saturated carbocycles. The first-order valence-electron chi connectivity index (χ1n) is 18.3. The van der Waals surface area contributed by atoms with Gasteiger partial charge in [0.1, 0.15) is 0 Å². The Hall–Kier alpha value is -7.86. The lowest BCUT2D eigenvalue weighted by molar-refractivity contribution is 1.15. The van der Waals surface area contributed by atoms with Gasteiger partial charge in [-0.25, -0.2) is 4.85 Å². The first kappa shape index (κ1) is 30.7. The SMILES string of the molecule is [C-]#[N+]c1ccc2c(c1)c1ccccc1n2-c1ccc(-c2ccccc2-n2c3ccccc3c3ccc(-n4c5ccccc5c5ccccc54)cc32)c(C#N)c1. The standard InChI is InChI=1S/C50H29N5/c1-52-33-22-27-49-43(29-33)41-16-6-9-19-46(41)53(49)34-23-25-36(32(28-34)31-51)37-12-2-10-20-47(37)55-48-21-11-5-15-40(48)42-26-24-35(30-50(42)55)54-44-17-7-3-13-38(44)39-14-4-8-18-45(39)54/h2-30H. The molecule has 0 spiro atoms. The first-order valence-corrected chi connectivity index (χ1v) is 18.3. The molecule has 3 heterocycles. The monoisotopic (exact) mass is 699 g/mol. The van der Waals surface area contributed by atoms with Crippen molar-refractivity contribution >= 4 is 71.1 Å². The van der Waals surface area contributed by atoms with Crippen LogP contribution in [-0.2, 0) is 0 Å². The van der Waals surface area contributed by atoms with Crippen LogP contribution in [0, 0.1) is 17.9 Å². The summed E-state index contributed by atoms with van der Waals surface area (Å²) < 4.78 is 6.91. The molecule has 0 radical (unpaired) electrons. The van der Waals surface area contributed by atoms with E-state index >= 15 is 0 Å². The molecule has 11 aromatic rings. The van der Waals surface area contributed by atoms with Crippen LogP contribution in [0.3, 0.4) is 0 Å². The molecule has 0 unspecified atom stereocenters. The van der Waals surface area contributed by atoms with E-state index in [-0.39, 0.29) is 0 Å². The highest BCUT2D eigenvalue weighted by atomic mass is 15.0. The molecule has 5 nitrogen and oxygen atoms in total. The van der Waals surface area contributed by atoms with E-state index in [1.54, 1.807) is 0 Å². The van der Waals surface area contributed by atoms with Crippen LogP contribution in [0.4, 0.5) is 5.69 Å². The fourth-order valence-corrected chi connectivity index (χ4v) is 8.76. The zero-order valence-electron chi connectivity index (χ0n) is 29.5. The Bertz CT molecular complexity index is 3420. The summed E-state index contributed by atoms with van der Waals surface area (Å²) in [6.45, 7) is 7.60. The minimum Gasteiger partial charge on any atom is -0.309 e. The van der Waals surface area contributed by atoms with Gasteiger partial charge in [0.25, 0.3) is 0 Å². The van der Waals surface area contributed by atoms with E-state index in [1.165, 1.54) is 32.6 Å². The van der Waals surface area contributed by atoms with Gasteiger partial charge in [0.15, 0.2) is 5.69 Å². The molecule has 0 aliphatic rings. The number of benzene rings is 8. The molecule has 0 aliphatic carbocycles. The Kier molecular flexibility index (Phi) is 6.61. The molecule has 0 saturated heterocycles. The van der Waals surface area contributed by atoms with Gasteiger partial charge in [-0.1, -0.05) is 109 Å². The Morgan fingerprint density at radius 3 is 1.51 bits per heavy atom. The van der Waals surface area contributed by atoms with Crippen LogP contribution in [0.5, 0.6) is 0 Å². The van der Waals surface area contributed by atoms with Gasteiger partial charge in [-0.05, 0) is 72.1 Å². The van der Waals surface area contributed by atoms with Crippen molar-refractivity contribution in [3.05, 3.63) is 193 Å². The Labute approximate surface area is 316 Å². The number of para-hydroxylation sites is 5. The summed E-state index contributed by atoms with van der Waals surface area (Å²) in [5.41, 5.74) is 12.6. The summed E-state index contributed by atoms with van der Waals surface area (Å²) >= 11 is 0. The Balaban J connectivity index is 1.13. The topological polar surface area (TPSA) is 42.9 Å². The van der Waals surface area contributed by atoms with Crippen LogP contribution in [-0.4, -0.2) is 13.7 Å². The largest absolute Gasteiger partial charge is 0.309 e. The molecule has 3 aromatic heterocycles. The van der Waals surface area contributed by atoms with Crippen molar-refractivity contribution in [3.8, 4) is 34.3 Å². The highest BCUT2D eigenvalue weighted by Crippen LogP contribution is 2.41. The zero-order valence-corrected chi connectivity index (χ0v) is 29.5. The van der Waals surface area contributed by atoms with Gasteiger partial charge in [0, 0.05) is 49.4 Å². The summed E-state index contributed by atoms with van der Waals surface area (Å²) in [6, 6.07) is 63.8. The number of hydrogen-bond acceptors (Lipinski definition) is 1. The lowest BCUT2D eigenvalue weighted by Crippen LogP contribution is -2.00. The van der Waals surface area contributed by atoms with Gasteiger partial charge in [0.05, 0.1) is 57.0 Å². The van der Waals surface area contributed by atoms with E-state index in [9.17, 15) is 5.26 Å². The second-order valence-corrected chi connectivity index (χ2v) is 13.9. The summed E-state index contributed by atoms with van der Waals surface area (Å²) in [6.07, 6.45) is 0. The second kappa shape index (κ2) is 11.8. The van der Waals surface area contributed by atoms with Crippen LogP contribution in [0.2, 0.25) is 0 Å². The minimum atomic E-state index is 0.584. The maximum atomic E-state index is 10.8. The van der Waals surface area contributed by atoms with E-state index < -0.39 is 0 Å². The van der Waals surface area contributed by atoms with Crippen molar-refractivity contribution in [1.29, 1.82) is 5.26 Å². The molecule has 0 bridgehead atoms. The van der Waals surface area contributed by atoms with Crippen LogP contribution in [0.25, 0.3) is 98.5 Å². The third-order valence-corrected chi connectivity index (χ3v) is 11.1. The number of rotatable bonds is 4. The third-order valence-electron chi connectivity index (χ3n) is 11.1. The number of nitrogens with zero attached hydrogens (tertiary/aromatic N) is 5. The Morgan fingerprint density at radius 1 is 0.400 bits per heavy atom. The van der Waals surface area contributed by atoms with E-state index in [0.29, 0.717) is 11.3 Å². The predicted octanol–water partition coefficient (Wildman–Crippen LogP) is 13.1. The van der Waals surface area contributed by atoms with Gasteiger partial charge < -0.3 is 13.7 Å². The van der Waals surface area contributed by atoms with E-state index in [0.717, 1.165) is 61.0 Å². The quantitative estimate of drug-likeness (QED) is 0.169. The number of fused-ring (bicyclic) bond motifs is 9. The third kappa shape index (κ3) is 4.45. The van der Waals surface area contributed by atoms with E-state index in [1.807, 2.05) is 42.5 Å². The van der Waals surface area contributed by atoms with Crippen molar-refractivity contribution in [1.82, 2.24) is 13.7 Å². The lowest BCUT2D eigenvalue weighted by atomic mass is 9.97. The average Bonchev–Trinajstić information content (AvgIpc) is 3.88. The van der Waals surface area contributed by atoms with Crippen molar-refractivity contribution < 1.29 is 0 Å². The van der Waals surface area contributed by atoms with Gasteiger partial charge in [-0.15, -0.1) is 0 Å². The predicted molar refractivity (Wildman–Crippen MR) is 226 cm³/mol. The molecule has 0 fully saturated rings. The molecule has 0 amide bonds. The molecule has 5 heteroatoms. The highest BCUT2D eigenvalue weighted by Gasteiger charge is 2.20. The van der Waals surface area contributed by atoms with Crippen molar-refractivity contribution in [2.24, 2.45) is 0 Å². The fourth-order valence-electron chi connectivity index (χ4n) is 8.76. The smallest absolute Gasteiger partial charge is 0.188 e. The molecular formula is C50H29N5. The van der Waals surface area contributed by atoms with Crippen LogP contribution < -0.4 is 0 Å². The van der Waals surface area contributed by atoms with E-state index in [4.69, 9.17) is 6.57 Å². The van der Waals surface area contributed by atoms with Gasteiger partial charge in [-0.2, -0.15) is 5.26 Å². The molecule has 55 heavy (non-hydrogen) atoms. The highest BCUT2D eigenvalue weighted by molar-refractivity contribution is 6.13. The van der Waals surface area contributed by atoms with Crippen LogP contribution in [0.1, 0.15) is 5.56 Å². The van der Waals surface area contributed by atoms with Crippen molar-refractivity contribution in [2.75, 3.05) is 0 Å². The van der Waals surface area contributed by atoms with Gasteiger partial charge >= 0.3 is 0 Å². The number of aromatic nitrogens is 3. The number of hydrogen-bond donors (Lipinski definition) is 0. The molecular weight excluding hydrogens is 671 g/mol. The fraction of sp³-hybridized carbons (Fsp3) is 0. The maximum Gasteiger partial charge on any atom is 0.188 e. The molecule has 0 aliphatic heterocycles. The van der Waals surface area contributed by atoms with Crippen LogP contribution in [0.15, 0.2) is 176 Å². The molecule has 0 N–H and O–H groups in total.